The van der Waals surface area contributed by atoms with Crippen LogP contribution in [-0.4, -0.2) is 22.5 Å². The SMILES string of the molecule is Cc1ccc(C2=C(c3ccc(C)cc3)[C@@]3(c4ccccc4)C(=O)[C@@]2(c2ccccc2)[C@H]2C(=O)N(c4ccccc4[N+](=O)[O-])C(=O)[C@@H]23)cc1. The molecule has 1 saturated carbocycles. The molecule has 7 heteroatoms. The summed E-state index contributed by atoms with van der Waals surface area (Å²) in [6, 6.07) is 40.1. The molecule has 8 rings (SSSR count). The molecule has 1 aliphatic heterocycles. The van der Waals surface area contributed by atoms with E-state index < -0.39 is 39.4 Å². The largest absolute Gasteiger partial charge is 0.297 e. The molecule has 0 radical (unpaired) electrons. The highest BCUT2D eigenvalue weighted by Crippen LogP contribution is 2.74. The number of imide groups is 1. The molecule has 5 aromatic rings. The van der Waals surface area contributed by atoms with Gasteiger partial charge in [-0.2, -0.15) is 0 Å². The topological polar surface area (TPSA) is 97.6 Å². The van der Waals surface area contributed by atoms with Gasteiger partial charge in [-0.15, -0.1) is 0 Å². The Hall–Kier alpha value is -5.95. The van der Waals surface area contributed by atoms with Gasteiger partial charge < -0.3 is 0 Å². The minimum atomic E-state index is -1.58. The van der Waals surface area contributed by atoms with E-state index in [2.05, 4.69) is 0 Å². The third-order valence-corrected chi connectivity index (χ3v) is 10.5. The number of aryl methyl sites for hydroxylation is 2. The molecule has 7 nitrogen and oxygen atoms in total. The summed E-state index contributed by atoms with van der Waals surface area (Å²) >= 11 is 0. The normalized spacial score (nSPS) is 24.4. The molecule has 4 atom stereocenters. The van der Waals surface area contributed by atoms with Crippen molar-refractivity contribution < 1.29 is 19.3 Å². The second kappa shape index (κ2) is 10.5. The van der Waals surface area contributed by atoms with Gasteiger partial charge in [0.15, 0.2) is 5.78 Å². The fraction of sp³-hybridized carbons (Fsp3) is 0.146. The van der Waals surface area contributed by atoms with Crippen LogP contribution in [0.4, 0.5) is 11.4 Å². The first-order valence-corrected chi connectivity index (χ1v) is 15.9. The van der Waals surface area contributed by atoms with Crippen molar-refractivity contribution in [1.82, 2.24) is 0 Å². The molecular formula is C41H30N2O5. The highest BCUT2D eigenvalue weighted by Gasteiger charge is 2.83. The fourth-order valence-electron chi connectivity index (χ4n) is 8.61. The number of rotatable bonds is 6. The fourth-order valence-corrected chi connectivity index (χ4v) is 8.61. The van der Waals surface area contributed by atoms with Gasteiger partial charge >= 0.3 is 0 Å². The predicted molar refractivity (Wildman–Crippen MR) is 183 cm³/mol. The average molecular weight is 631 g/mol. The lowest BCUT2D eigenvalue weighted by Gasteiger charge is -2.39. The number of hydrogen-bond acceptors (Lipinski definition) is 5. The third kappa shape index (κ3) is 3.67. The van der Waals surface area contributed by atoms with Crippen LogP contribution in [0.5, 0.6) is 0 Å². The first-order chi connectivity index (χ1) is 23.2. The zero-order valence-electron chi connectivity index (χ0n) is 26.3. The van der Waals surface area contributed by atoms with Crippen LogP contribution < -0.4 is 4.90 Å². The monoisotopic (exact) mass is 630 g/mol. The maximum Gasteiger partial charge on any atom is 0.293 e. The average Bonchev–Trinajstić information content (AvgIpc) is 3.61. The Morgan fingerprint density at radius 1 is 0.562 bits per heavy atom. The van der Waals surface area contributed by atoms with Crippen molar-refractivity contribution in [2.24, 2.45) is 11.8 Å². The predicted octanol–water partition coefficient (Wildman–Crippen LogP) is 7.40. The Kier molecular flexibility index (Phi) is 6.47. The molecule has 5 aromatic carbocycles. The number of ketones is 1. The zero-order chi connectivity index (χ0) is 33.4. The van der Waals surface area contributed by atoms with Crippen molar-refractivity contribution in [1.29, 1.82) is 0 Å². The zero-order valence-corrected chi connectivity index (χ0v) is 26.3. The highest BCUT2D eigenvalue weighted by molar-refractivity contribution is 6.39. The summed E-state index contributed by atoms with van der Waals surface area (Å²) in [6.45, 7) is 3.98. The Morgan fingerprint density at radius 2 is 0.958 bits per heavy atom. The lowest BCUT2D eigenvalue weighted by molar-refractivity contribution is -0.384. The van der Waals surface area contributed by atoms with E-state index in [1.165, 1.54) is 18.2 Å². The van der Waals surface area contributed by atoms with Crippen LogP contribution in [0.2, 0.25) is 0 Å². The van der Waals surface area contributed by atoms with E-state index >= 15 is 14.4 Å². The highest BCUT2D eigenvalue weighted by atomic mass is 16.6. The summed E-state index contributed by atoms with van der Waals surface area (Å²) < 4.78 is 0. The molecule has 2 amide bonds. The van der Waals surface area contributed by atoms with E-state index in [1.807, 2.05) is 123 Å². The van der Waals surface area contributed by atoms with Crippen molar-refractivity contribution in [3.8, 4) is 0 Å². The van der Waals surface area contributed by atoms with Crippen molar-refractivity contribution in [3.05, 3.63) is 177 Å². The minimum Gasteiger partial charge on any atom is -0.297 e. The van der Waals surface area contributed by atoms with Gasteiger partial charge in [0.25, 0.3) is 5.69 Å². The van der Waals surface area contributed by atoms with Crippen LogP contribution in [-0.2, 0) is 25.2 Å². The van der Waals surface area contributed by atoms with Crippen LogP contribution in [0.1, 0.15) is 33.4 Å². The summed E-state index contributed by atoms with van der Waals surface area (Å²) in [7, 11) is 0. The number of carbonyl (C=O) groups excluding carboxylic acids is 3. The number of hydrogen-bond donors (Lipinski definition) is 0. The van der Waals surface area contributed by atoms with E-state index in [0.29, 0.717) is 22.3 Å². The quantitative estimate of drug-likeness (QED) is 0.111. The van der Waals surface area contributed by atoms with Gasteiger partial charge in [0, 0.05) is 6.07 Å². The second-order valence-electron chi connectivity index (χ2n) is 12.9. The molecule has 0 N–H and O–H groups in total. The van der Waals surface area contributed by atoms with Gasteiger partial charge in [-0.05, 0) is 53.3 Å². The lowest BCUT2D eigenvalue weighted by Crippen LogP contribution is -2.45. The molecule has 0 unspecified atom stereocenters. The molecule has 2 bridgehead atoms. The summed E-state index contributed by atoms with van der Waals surface area (Å²) in [5.41, 5.74) is 2.56. The Morgan fingerprint density at radius 3 is 1.38 bits per heavy atom. The van der Waals surface area contributed by atoms with Crippen molar-refractivity contribution in [2.45, 2.75) is 24.7 Å². The van der Waals surface area contributed by atoms with E-state index in [4.69, 9.17) is 0 Å². The van der Waals surface area contributed by atoms with Gasteiger partial charge in [-0.1, -0.05) is 132 Å². The molecule has 48 heavy (non-hydrogen) atoms. The number of nitro benzene ring substituents is 1. The van der Waals surface area contributed by atoms with E-state index in [0.717, 1.165) is 27.2 Å². The Bertz CT molecular complexity index is 2060. The van der Waals surface area contributed by atoms with Gasteiger partial charge in [-0.25, -0.2) is 4.90 Å². The van der Waals surface area contributed by atoms with Crippen molar-refractivity contribution in [3.63, 3.8) is 0 Å². The Labute approximate surface area is 277 Å². The number of benzene rings is 5. The van der Waals surface area contributed by atoms with Gasteiger partial charge in [0.05, 0.1) is 27.6 Å². The summed E-state index contributed by atoms with van der Waals surface area (Å²) in [4.78, 5) is 58.7. The number of Topliss-reactive ketones (excluding diaryl/α,β-unsaturated/α-hetero) is 1. The minimum absolute atomic E-state index is 0.0982. The van der Waals surface area contributed by atoms with Crippen LogP contribution in [0, 0.1) is 35.8 Å². The maximum absolute atomic E-state index is 16.0. The Balaban J connectivity index is 1.56. The molecule has 3 aliphatic rings. The number of para-hydroxylation sites is 2. The number of nitrogens with zero attached hydrogens (tertiary/aromatic N) is 2. The first kappa shape index (κ1) is 29.5. The molecule has 0 aromatic heterocycles. The number of carbonyl (C=O) groups is 3. The summed E-state index contributed by atoms with van der Waals surface area (Å²) in [6.07, 6.45) is 0. The lowest BCUT2D eigenvalue weighted by atomic mass is 9.59. The van der Waals surface area contributed by atoms with Crippen LogP contribution in [0.25, 0.3) is 11.1 Å². The van der Waals surface area contributed by atoms with Crippen LogP contribution >= 0.6 is 0 Å². The standard InChI is InChI=1S/C41H30N2O5/c1-25-17-21-27(22-18-25)33-34(28-23-19-26(2)20-24-28)41(30-13-7-4-8-14-30)36-35(40(33,39(41)46)29-11-5-3-6-12-29)37(44)42(38(36)45)31-15-9-10-16-32(31)43(47)48/h3-24,35-36H,1-2H3/t35-,36-,40-,41-/m1/s1. The molecule has 0 spiro atoms. The molecule has 1 heterocycles. The summed E-state index contributed by atoms with van der Waals surface area (Å²) in [5.74, 6) is -3.81. The molecular weight excluding hydrogens is 600 g/mol. The van der Waals surface area contributed by atoms with Gasteiger partial charge in [0.2, 0.25) is 11.8 Å². The molecule has 1 saturated heterocycles. The summed E-state index contributed by atoms with van der Waals surface area (Å²) in [5, 5.41) is 12.2. The third-order valence-electron chi connectivity index (χ3n) is 10.5. The van der Waals surface area contributed by atoms with E-state index in [9.17, 15) is 10.1 Å². The number of nitro groups is 1. The number of amides is 2. The van der Waals surface area contributed by atoms with Gasteiger partial charge in [-0.3, -0.25) is 24.5 Å². The van der Waals surface area contributed by atoms with E-state index in [-0.39, 0.29) is 17.2 Å². The van der Waals surface area contributed by atoms with Crippen molar-refractivity contribution >= 4 is 40.1 Å². The smallest absolute Gasteiger partial charge is 0.293 e. The molecule has 2 fully saturated rings. The number of fused-ring (bicyclic) bond motifs is 5. The van der Waals surface area contributed by atoms with Crippen LogP contribution in [0.15, 0.2) is 133 Å². The van der Waals surface area contributed by atoms with Crippen molar-refractivity contribution in [2.75, 3.05) is 4.90 Å². The number of anilines is 1. The van der Waals surface area contributed by atoms with E-state index in [1.54, 1.807) is 6.07 Å². The van der Waals surface area contributed by atoms with Gasteiger partial charge in [0.1, 0.15) is 5.69 Å². The van der Waals surface area contributed by atoms with Crippen LogP contribution in [0.3, 0.4) is 0 Å². The maximum atomic E-state index is 16.0. The molecule has 2 aliphatic carbocycles. The first-order valence-electron chi connectivity index (χ1n) is 15.9. The number of allylic oxidation sites excluding steroid dienone is 2. The molecule has 234 valence electrons. The second-order valence-corrected chi connectivity index (χ2v) is 12.9.